The monoisotopic (exact) mass is 234 g/mol. The fourth-order valence-electron chi connectivity index (χ4n) is 1.46. The van der Waals surface area contributed by atoms with Crippen molar-refractivity contribution in [2.24, 2.45) is 0 Å². The lowest BCUT2D eigenvalue weighted by atomic mass is 10.4. The number of aromatic nitrogens is 3. The highest BCUT2D eigenvalue weighted by Gasteiger charge is 2.01. The normalized spacial score (nSPS) is 10.4. The SMILES string of the molecule is Cc1cc(NCc2ncc(C)s2)nc(C)n1. The molecule has 0 saturated carbocycles. The van der Waals surface area contributed by atoms with E-state index in [1.807, 2.05) is 26.1 Å². The van der Waals surface area contributed by atoms with Crippen molar-refractivity contribution in [3.05, 3.63) is 33.7 Å². The van der Waals surface area contributed by atoms with E-state index >= 15 is 0 Å². The minimum absolute atomic E-state index is 0.717. The summed E-state index contributed by atoms with van der Waals surface area (Å²) < 4.78 is 0. The lowest BCUT2D eigenvalue weighted by Gasteiger charge is -2.04. The Hall–Kier alpha value is -1.49. The van der Waals surface area contributed by atoms with Crippen LogP contribution >= 0.6 is 11.3 Å². The van der Waals surface area contributed by atoms with Crippen LogP contribution in [-0.4, -0.2) is 15.0 Å². The van der Waals surface area contributed by atoms with Gasteiger partial charge in [0.25, 0.3) is 0 Å². The second-order valence-electron chi connectivity index (χ2n) is 3.66. The van der Waals surface area contributed by atoms with Crippen LogP contribution in [0.4, 0.5) is 5.82 Å². The van der Waals surface area contributed by atoms with E-state index in [-0.39, 0.29) is 0 Å². The van der Waals surface area contributed by atoms with Gasteiger partial charge in [0.05, 0.1) is 6.54 Å². The molecular weight excluding hydrogens is 220 g/mol. The van der Waals surface area contributed by atoms with Crippen molar-refractivity contribution < 1.29 is 0 Å². The molecule has 5 heteroatoms. The molecule has 0 aliphatic heterocycles. The van der Waals surface area contributed by atoms with E-state index in [1.165, 1.54) is 4.88 Å². The van der Waals surface area contributed by atoms with E-state index in [0.29, 0.717) is 6.54 Å². The highest BCUT2D eigenvalue weighted by Crippen LogP contribution is 2.13. The van der Waals surface area contributed by atoms with Gasteiger partial charge < -0.3 is 5.32 Å². The van der Waals surface area contributed by atoms with Crippen molar-refractivity contribution in [1.82, 2.24) is 15.0 Å². The van der Waals surface area contributed by atoms with E-state index in [2.05, 4.69) is 27.2 Å². The zero-order valence-electron chi connectivity index (χ0n) is 9.61. The van der Waals surface area contributed by atoms with Crippen molar-refractivity contribution in [3.8, 4) is 0 Å². The first kappa shape index (κ1) is 11.0. The first-order valence-electron chi connectivity index (χ1n) is 5.11. The largest absolute Gasteiger partial charge is 0.363 e. The van der Waals surface area contributed by atoms with E-state index in [9.17, 15) is 0 Å². The predicted molar refractivity (Wildman–Crippen MR) is 65.7 cm³/mol. The van der Waals surface area contributed by atoms with Crippen LogP contribution in [0.3, 0.4) is 0 Å². The Kier molecular flexibility index (Phi) is 3.14. The second-order valence-corrected chi connectivity index (χ2v) is 4.98. The summed E-state index contributed by atoms with van der Waals surface area (Å²) in [5.41, 5.74) is 0.977. The zero-order valence-corrected chi connectivity index (χ0v) is 10.4. The summed E-state index contributed by atoms with van der Waals surface area (Å²) in [6.45, 7) is 6.63. The van der Waals surface area contributed by atoms with E-state index < -0.39 is 0 Å². The molecule has 0 fully saturated rings. The van der Waals surface area contributed by atoms with Gasteiger partial charge >= 0.3 is 0 Å². The summed E-state index contributed by atoms with van der Waals surface area (Å²) >= 11 is 1.70. The summed E-state index contributed by atoms with van der Waals surface area (Å²) in [6, 6.07) is 1.94. The van der Waals surface area contributed by atoms with Crippen molar-refractivity contribution >= 4 is 17.2 Å². The Morgan fingerprint density at radius 1 is 1.25 bits per heavy atom. The molecule has 0 spiro atoms. The number of nitrogens with one attached hydrogen (secondary N) is 1. The molecule has 0 bridgehead atoms. The molecule has 0 aliphatic rings. The molecule has 2 heterocycles. The Labute approximate surface area is 98.8 Å². The average Bonchev–Trinajstić information content (AvgIpc) is 2.60. The van der Waals surface area contributed by atoms with Gasteiger partial charge in [-0.25, -0.2) is 15.0 Å². The predicted octanol–water partition coefficient (Wildman–Crippen LogP) is 2.47. The van der Waals surface area contributed by atoms with Crippen LogP contribution in [-0.2, 0) is 6.54 Å². The number of hydrogen-bond donors (Lipinski definition) is 1. The third kappa shape index (κ3) is 2.76. The quantitative estimate of drug-likeness (QED) is 0.886. The molecule has 2 rings (SSSR count). The fourth-order valence-corrected chi connectivity index (χ4v) is 2.18. The molecule has 0 saturated heterocycles. The molecule has 16 heavy (non-hydrogen) atoms. The van der Waals surface area contributed by atoms with Gasteiger partial charge in [-0.15, -0.1) is 11.3 Å². The van der Waals surface area contributed by atoms with Crippen LogP contribution in [0, 0.1) is 20.8 Å². The number of aryl methyl sites for hydroxylation is 3. The second kappa shape index (κ2) is 4.57. The number of thiazole rings is 1. The maximum atomic E-state index is 4.31. The first-order chi connectivity index (χ1) is 7.63. The highest BCUT2D eigenvalue weighted by molar-refractivity contribution is 7.11. The molecule has 0 unspecified atom stereocenters. The molecule has 0 amide bonds. The molecule has 1 N–H and O–H groups in total. The van der Waals surface area contributed by atoms with Gasteiger partial charge in [0.15, 0.2) is 0 Å². The van der Waals surface area contributed by atoms with Crippen LogP contribution in [0.25, 0.3) is 0 Å². The lowest BCUT2D eigenvalue weighted by molar-refractivity contribution is 0.987. The smallest absolute Gasteiger partial charge is 0.130 e. The van der Waals surface area contributed by atoms with Crippen molar-refractivity contribution in [2.45, 2.75) is 27.3 Å². The summed E-state index contributed by atoms with van der Waals surface area (Å²) in [5, 5.41) is 4.33. The standard InChI is InChI=1S/C11H14N4S/c1-7-4-10(15-9(3)14-7)12-6-11-13-5-8(2)16-11/h4-5H,6H2,1-3H3,(H,12,14,15). The lowest BCUT2D eigenvalue weighted by Crippen LogP contribution is -2.03. The van der Waals surface area contributed by atoms with Crippen LogP contribution in [0.5, 0.6) is 0 Å². The highest BCUT2D eigenvalue weighted by atomic mass is 32.1. The first-order valence-corrected chi connectivity index (χ1v) is 5.92. The Morgan fingerprint density at radius 3 is 2.69 bits per heavy atom. The van der Waals surface area contributed by atoms with Gasteiger partial charge in [-0.1, -0.05) is 0 Å². The Morgan fingerprint density at radius 2 is 2.06 bits per heavy atom. The van der Waals surface area contributed by atoms with Crippen molar-refractivity contribution in [3.63, 3.8) is 0 Å². The zero-order chi connectivity index (χ0) is 11.5. The molecule has 0 radical (unpaired) electrons. The topological polar surface area (TPSA) is 50.7 Å². The maximum absolute atomic E-state index is 4.31. The Balaban J connectivity index is 2.04. The number of nitrogens with zero attached hydrogens (tertiary/aromatic N) is 3. The van der Waals surface area contributed by atoms with E-state index in [0.717, 1.165) is 22.3 Å². The van der Waals surface area contributed by atoms with E-state index in [1.54, 1.807) is 11.3 Å². The summed E-state index contributed by atoms with van der Waals surface area (Å²) in [4.78, 5) is 14.1. The summed E-state index contributed by atoms with van der Waals surface area (Å²) in [5.74, 6) is 1.65. The molecule has 0 aliphatic carbocycles. The van der Waals surface area contributed by atoms with Gasteiger partial charge in [0, 0.05) is 22.8 Å². The number of anilines is 1. The van der Waals surface area contributed by atoms with Crippen LogP contribution in [0.15, 0.2) is 12.3 Å². The molecule has 84 valence electrons. The molecular formula is C11H14N4S. The number of rotatable bonds is 3. The molecule has 0 atom stereocenters. The van der Waals surface area contributed by atoms with E-state index in [4.69, 9.17) is 0 Å². The number of hydrogen-bond acceptors (Lipinski definition) is 5. The van der Waals surface area contributed by atoms with Gasteiger partial charge in [-0.3, -0.25) is 0 Å². The van der Waals surface area contributed by atoms with Crippen LogP contribution < -0.4 is 5.32 Å². The van der Waals surface area contributed by atoms with Crippen molar-refractivity contribution in [1.29, 1.82) is 0 Å². The van der Waals surface area contributed by atoms with Gasteiger partial charge in [0.2, 0.25) is 0 Å². The summed E-state index contributed by atoms with van der Waals surface area (Å²) in [6.07, 6.45) is 1.89. The Bertz CT molecular complexity index is 472. The minimum atomic E-state index is 0.717. The third-order valence-corrected chi connectivity index (χ3v) is 2.97. The van der Waals surface area contributed by atoms with Crippen LogP contribution in [0.1, 0.15) is 21.4 Å². The molecule has 2 aromatic heterocycles. The minimum Gasteiger partial charge on any atom is -0.363 e. The van der Waals surface area contributed by atoms with Gasteiger partial charge in [-0.05, 0) is 20.8 Å². The fraction of sp³-hybridized carbons (Fsp3) is 0.364. The molecule has 4 nitrogen and oxygen atoms in total. The molecule has 0 aromatic carbocycles. The third-order valence-electron chi connectivity index (χ3n) is 2.06. The summed E-state index contributed by atoms with van der Waals surface area (Å²) in [7, 11) is 0. The average molecular weight is 234 g/mol. The van der Waals surface area contributed by atoms with Crippen LogP contribution in [0.2, 0.25) is 0 Å². The van der Waals surface area contributed by atoms with Gasteiger partial charge in [0.1, 0.15) is 16.6 Å². The molecule has 2 aromatic rings. The van der Waals surface area contributed by atoms with Gasteiger partial charge in [-0.2, -0.15) is 0 Å². The van der Waals surface area contributed by atoms with Crippen molar-refractivity contribution in [2.75, 3.05) is 5.32 Å². The maximum Gasteiger partial charge on any atom is 0.130 e.